The smallest absolute Gasteiger partial charge is 0.164 e. The SMILES string of the molecule is CNCCn1cnc2c(N3CCOCC3)cc(-n3ccc(-c4cccc(C)c4)n3)nc21. The minimum atomic E-state index is 0.721. The number of hydrogen-bond acceptors (Lipinski definition) is 6. The quantitative estimate of drug-likeness (QED) is 0.520. The second kappa shape index (κ2) is 8.49. The standard InChI is InChI=1S/C23H27N7O/c1-17-4-3-5-18(14-17)19-6-8-30(27-19)21-15-20(28-10-12-31-13-11-28)22-23(26-21)29(16-25-22)9-7-24-2/h3-6,8,14-16,24H,7,9-13H2,1-2H3. The van der Waals surface area contributed by atoms with Gasteiger partial charge in [0, 0.05) is 44.0 Å². The Bertz CT molecular complexity index is 1190. The van der Waals surface area contributed by atoms with Crippen molar-refractivity contribution in [2.24, 2.45) is 0 Å². The van der Waals surface area contributed by atoms with E-state index in [4.69, 9.17) is 19.8 Å². The maximum Gasteiger partial charge on any atom is 0.164 e. The lowest BCUT2D eigenvalue weighted by molar-refractivity contribution is 0.123. The second-order valence-corrected chi connectivity index (χ2v) is 7.83. The number of nitrogens with one attached hydrogen (secondary N) is 1. The summed E-state index contributed by atoms with van der Waals surface area (Å²) in [6.45, 7) is 6.88. The number of ether oxygens (including phenoxy) is 1. The van der Waals surface area contributed by atoms with E-state index in [9.17, 15) is 0 Å². The van der Waals surface area contributed by atoms with Gasteiger partial charge in [-0.05, 0) is 26.1 Å². The molecule has 0 saturated carbocycles. The molecule has 31 heavy (non-hydrogen) atoms. The monoisotopic (exact) mass is 417 g/mol. The number of fused-ring (bicyclic) bond motifs is 1. The Labute approximate surface area is 181 Å². The summed E-state index contributed by atoms with van der Waals surface area (Å²) in [6.07, 6.45) is 3.85. The van der Waals surface area contributed by atoms with E-state index in [-0.39, 0.29) is 0 Å². The van der Waals surface area contributed by atoms with Crippen LogP contribution in [0.2, 0.25) is 0 Å². The number of rotatable bonds is 6. The molecule has 0 spiro atoms. The molecule has 0 aliphatic carbocycles. The molecule has 1 aromatic carbocycles. The number of nitrogens with zero attached hydrogens (tertiary/aromatic N) is 6. The largest absolute Gasteiger partial charge is 0.378 e. The number of benzene rings is 1. The first kappa shape index (κ1) is 19.7. The molecule has 3 aromatic heterocycles. The van der Waals surface area contributed by atoms with Gasteiger partial charge in [0.1, 0.15) is 5.52 Å². The Kier molecular flexibility index (Phi) is 5.40. The third-order valence-corrected chi connectivity index (χ3v) is 5.63. The van der Waals surface area contributed by atoms with Crippen LogP contribution in [-0.2, 0) is 11.3 Å². The summed E-state index contributed by atoms with van der Waals surface area (Å²) >= 11 is 0. The summed E-state index contributed by atoms with van der Waals surface area (Å²) in [5, 5.41) is 8.03. The number of anilines is 1. The molecule has 0 bridgehead atoms. The Morgan fingerprint density at radius 1 is 1.13 bits per heavy atom. The lowest BCUT2D eigenvalue weighted by Gasteiger charge is -2.29. The fourth-order valence-corrected chi connectivity index (χ4v) is 3.97. The molecule has 4 aromatic rings. The van der Waals surface area contributed by atoms with E-state index in [2.05, 4.69) is 52.0 Å². The van der Waals surface area contributed by atoms with E-state index in [1.165, 1.54) is 5.56 Å². The predicted molar refractivity (Wildman–Crippen MR) is 122 cm³/mol. The van der Waals surface area contributed by atoms with Crippen molar-refractivity contribution in [3.63, 3.8) is 0 Å². The van der Waals surface area contributed by atoms with Gasteiger partial charge in [-0.15, -0.1) is 0 Å². The molecule has 8 nitrogen and oxygen atoms in total. The van der Waals surface area contributed by atoms with E-state index in [0.29, 0.717) is 0 Å². The van der Waals surface area contributed by atoms with Gasteiger partial charge in [0.15, 0.2) is 11.5 Å². The summed E-state index contributed by atoms with van der Waals surface area (Å²) in [7, 11) is 1.95. The van der Waals surface area contributed by atoms with Crippen LogP contribution in [0.4, 0.5) is 5.69 Å². The number of likely N-dealkylation sites (N-methyl/N-ethyl adjacent to an activating group) is 1. The molecule has 1 saturated heterocycles. The van der Waals surface area contributed by atoms with Crippen molar-refractivity contribution in [2.45, 2.75) is 13.5 Å². The van der Waals surface area contributed by atoms with E-state index < -0.39 is 0 Å². The average Bonchev–Trinajstić information content (AvgIpc) is 3.45. The maximum absolute atomic E-state index is 5.56. The third kappa shape index (κ3) is 3.92. The van der Waals surface area contributed by atoms with Crippen molar-refractivity contribution in [1.82, 2.24) is 29.6 Å². The lowest BCUT2D eigenvalue weighted by atomic mass is 10.1. The summed E-state index contributed by atoms with van der Waals surface area (Å²) in [4.78, 5) is 12.0. The van der Waals surface area contributed by atoms with Gasteiger partial charge in [0.05, 0.1) is 30.9 Å². The molecular weight excluding hydrogens is 390 g/mol. The fourth-order valence-electron chi connectivity index (χ4n) is 3.97. The van der Waals surface area contributed by atoms with Crippen LogP contribution in [0.1, 0.15) is 5.56 Å². The molecule has 1 aliphatic rings. The fraction of sp³-hybridized carbons (Fsp3) is 0.348. The first-order chi connectivity index (χ1) is 15.2. The Hall–Kier alpha value is -3.23. The minimum absolute atomic E-state index is 0.721. The molecule has 5 rings (SSSR count). The number of morpholine rings is 1. The number of aryl methyl sites for hydroxylation is 1. The second-order valence-electron chi connectivity index (χ2n) is 7.83. The summed E-state index contributed by atoms with van der Waals surface area (Å²) < 4.78 is 9.52. The molecule has 4 heterocycles. The van der Waals surface area contributed by atoms with Crippen LogP contribution >= 0.6 is 0 Å². The van der Waals surface area contributed by atoms with Crippen molar-refractivity contribution >= 4 is 16.9 Å². The van der Waals surface area contributed by atoms with Gasteiger partial charge in [0.2, 0.25) is 0 Å². The average molecular weight is 418 g/mol. The van der Waals surface area contributed by atoms with Gasteiger partial charge in [-0.1, -0.05) is 23.8 Å². The van der Waals surface area contributed by atoms with Crippen LogP contribution in [0.5, 0.6) is 0 Å². The first-order valence-corrected chi connectivity index (χ1v) is 10.7. The molecule has 0 amide bonds. The van der Waals surface area contributed by atoms with Crippen LogP contribution in [0.15, 0.2) is 48.9 Å². The zero-order valence-electron chi connectivity index (χ0n) is 18.0. The highest BCUT2D eigenvalue weighted by molar-refractivity contribution is 5.87. The highest BCUT2D eigenvalue weighted by Gasteiger charge is 2.20. The van der Waals surface area contributed by atoms with Gasteiger partial charge in [-0.2, -0.15) is 5.10 Å². The van der Waals surface area contributed by atoms with Gasteiger partial charge in [-0.3, -0.25) is 0 Å². The van der Waals surface area contributed by atoms with Gasteiger partial charge < -0.3 is 19.5 Å². The Morgan fingerprint density at radius 2 is 2.00 bits per heavy atom. The predicted octanol–water partition coefficient (Wildman–Crippen LogP) is 2.65. The molecule has 1 fully saturated rings. The van der Waals surface area contributed by atoms with Gasteiger partial charge in [-0.25, -0.2) is 14.6 Å². The van der Waals surface area contributed by atoms with Crippen molar-refractivity contribution in [3.05, 3.63) is 54.5 Å². The topological polar surface area (TPSA) is 73.0 Å². The summed E-state index contributed by atoms with van der Waals surface area (Å²) in [6, 6.07) is 12.5. The Morgan fingerprint density at radius 3 is 2.81 bits per heavy atom. The maximum atomic E-state index is 5.56. The minimum Gasteiger partial charge on any atom is -0.378 e. The van der Waals surface area contributed by atoms with E-state index in [0.717, 1.165) is 73.3 Å². The Balaban J connectivity index is 1.59. The molecule has 1 N–H and O–H groups in total. The van der Waals surface area contributed by atoms with Crippen molar-refractivity contribution < 1.29 is 4.74 Å². The number of pyridine rings is 1. The van der Waals surface area contributed by atoms with Crippen LogP contribution in [0, 0.1) is 6.92 Å². The van der Waals surface area contributed by atoms with Crippen LogP contribution < -0.4 is 10.2 Å². The van der Waals surface area contributed by atoms with Crippen molar-refractivity contribution in [1.29, 1.82) is 0 Å². The summed E-state index contributed by atoms with van der Waals surface area (Å²) in [5.74, 6) is 0.791. The molecule has 8 heteroatoms. The highest BCUT2D eigenvalue weighted by Crippen LogP contribution is 2.28. The van der Waals surface area contributed by atoms with Crippen LogP contribution in [0.3, 0.4) is 0 Å². The number of hydrogen-bond donors (Lipinski definition) is 1. The molecule has 0 unspecified atom stereocenters. The first-order valence-electron chi connectivity index (χ1n) is 10.7. The van der Waals surface area contributed by atoms with E-state index >= 15 is 0 Å². The van der Waals surface area contributed by atoms with Crippen LogP contribution in [0.25, 0.3) is 28.2 Å². The van der Waals surface area contributed by atoms with Crippen molar-refractivity contribution in [2.75, 3.05) is 44.8 Å². The number of imidazole rings is 1. The third-order valence-electron chi connectivity index (χ3n) is 5.63. The summed E-state index contributed by atoms with van der Waals surface area (Å²) in [5.41, 5.74) is 6.14. The van der Waals surface area contributed by atoms with Gasteiger partial charge in [0.25, 0.3) is 0 Å². The zero-order valence-corrected chi connectivity index (χ0v) is 18.0. The normalized spacial score (nSPS) is 14.5. The zero-order chi connectivity index (χ0) is 21.2. The molecule has 1 aliphatic heterocycles. The number of aromatic nitrogens is 5. The van der Waals surface area contributed by atoms with Crippen molar-refractivity contribution in [3.8, 4) is 17.1 Å². The molecule has 0 radical (unpaired) electrons. The van der Waals surface area contributed by atoms with E-state index in [1.54, 1.807) is 0 Å². The molecule has 0 atom stereocenters. The highest BCUT2D eigenvalue weighted by atomic mass is 16.5. The molecular formula is C23H27N7O. The van der Waals surface area contributed by atoms with Crippen LogP contribution in [-0.4, -0.2) is 64.2 Å². The van der Waals surface area contributed by atoms with Gasteiger partial charge >= 0.3 is 0 Å². The molecule has 160 valence electrons. The van der Waals surface area contributed by atoms with E-state index in [1.807, 2.05) is 30.3 Å². The lowest BCUT2D eigenvalue weighted by Crippen LogP contribution is -2.36.